The molecule has 0 aliphatic carbocycles. The van der Waals surface area contributed by atoms with Gasteiger partial charge in [0.2, 0.25) is 0 Å². The van der Waals surface area contributed by atoms with E-state index in [1.807, 2.05) is 18.2 Å². The van der Waals surface area contributed by atoms with Crippen LogP contribution in [0.5, 0.6) is 5.75 Å². The minimum Gasteiger partial charge on any atom is -0.497 e. The third kappa shape index (κ3) is 4.54. The summed E-state index contributed by atoms with van der Waals surface area (Å²) in [5.41, 5.74) is -0.961. The Labute approximate surface area is 157 Å². The van der Waals surface area contributed by atoms with Crippen LogP contribution in [-0.2, 0) is 10.8 Å². The van der Waals surface area contributed by atoms with Gasteiger partial charge in [-0.3, -0.25) is 4.21 Å². The summed E-state index contributed by atoms with van der Waals surface area (Å²) in [5, 5.41) is 1.49. The number of nitrogens with zero attached hydrogens (tertiary/aromatic N) is 1. The summed E-state index contributed by atoms with van der Waals surface area (Å²) in [7, 11) is -0.425. The Kier molecular flexibility index (Phi) is 5.60. The summed E-state index contributed by atoms with van der Waals surface area (Å²) in [6, 6.07) is 18.1. The lowest BCUT2D eigenvalue weighted by Crippen LogP contribution is -2.28. The summed E-state index contributed by atoms with van der Waals surface area (Å²) in [6.07, 6.45) is -4.68. The Morgan fingerprint density at radius 1 is 1.00 bits per heavy atom. The van der Waals surface area contributed by atoms with Crippen LogP contribution in [-0.4, -0.2) is 29.0 Å². The number of alkyl halides is 3. The van der Waals surface area contributed by atoms with Crippen molar-refractivity contribution in [2.24, 2.45) is 4.99 Å². The second kappa shape index (κ2) is 7.92. The largest absolute Gasteiger partial charge is 0.497 e. The van der Waals surface area contributed by atoms with E-state index in [1.165, 1.54) is 31.4 Å². The van der Waals surface area contributed by atoms with Crippen LogP contribution < -0.4 is 4.74 Å². The van der Waals surface area contributed by atoms with E-state index < -0.39 is 28.4 Å². The molecule has 0 aliphatic rings. The monoisotopic (exact) mass is 391 g/mol. The van der Waals surface area contributed by atoms with Gasteiger partial charge in [-0.2, -0.15) is 13.2 Å². The van der Waals surface area contributed by atoms with Crippen molar-refractivity contribution < 1.29 is 22.1 Å². The molecule has 1 atom stereocenters. The first-order valence-electron chi connectivity index (χ1n) is 8.03. The second-order valence-corrected chi connectivity index (χ2v) is 7.14. The molecule has 7 heteroatoms. The normalized spacial score (nSPS) is 13.6. The third-order valence-electron chi connectivity index (χ3n) is 3.93. The molecule has 140 valence electrons. The zero-order chi connectivity index (χ0) is 19.4. The Morgan fingerprint density at radius 2 is 1.67 bits per heavy atom. The topological polar surface area (TPSA) is 38.7 Å². The Hall–Kier alpha value is -2.67. The smallest absolute Gasteiger partial charge is 0.430 e. The summed E-state index contributed by atoms with van der Waals surface area (Å²) in [6.45, 7) is 0. The Bertz CT molecular complexity index is 993. The van der Waals surface area contributed by atoms with Crippen LogP contribution >= 0.6 is 0 Å². The average Bonchev–Trinajstić information content (AvgIpc) is 2.66. The summed E-state index contributed by atoms with van der Waals surface area (Å²) < 4.78 is 58.1. The van der Waals surface area contributed by atoms with Gasteiger partial charge in [0.1, 0.15) is 11.5 Å². The molecule has 3 nitrogen and oxygen atoms in total. The van der Waals surface area contributed by atoms with Gasteiger partial charge in [-0.05, 0) is 41.1 Å². The summed E-state index contributed by atoms with van der Waals surface area (Å²) in [4.78, 5) is 4.05. The average molecular weight is 391 g/mol. The zero-order valence-corrected chi connectivity index (χ0v) is 15.2. The molecule has 0 amide bonds. The molecule has 0 heterocycles. The first-order valence-corrected chi connectivity index (χ1v) is 9.35. The van der Waals surface area contributed by atoms with Crippen molar-refractivity contribution in [3.63, 3.8) is 0 Å². The molecule has 0 saturated heterocycles. The number of hydrogen-bond acceptors (Lipinski definition) is 3. The van der Waals surface area contributed by atoms with E-state index >= 15 is 0 Å². The van der Waals surface area contributed by atoms with E-state index in [9.17, 15) is 17.4 Å². The van der Waals surface area contributed by atoms with Crippen molar-refractivity contribution in [2.75, 3.05) is 12.9 Å². The molecular formula is C20H16F3NO2S. The van der Waals surface area contributed by atoms with Crippen molar-refractivity contribution in [1.82, 2.24) is 0 Å². The predicted octanol–water partition coefficient (Wildman–Crippen LogP) is 5.29. The number of halogens is 3. The summed E-state index contributed by atoms with van der Waals surface area (Å²) >= 11 is 0. The van der Waals surface area contributed by atoms with Crippen LogP contribution in [0.1, 0.15) is 0 Å². The van der Waals surface area contributed by atoms with E-state index in [0.717, 1.165) is 5.39 Å². The third-order valence-corrected chi connectivity index (χ3v) is 5.31. The molecule has 1 unspecified atom stereocenters. The highest BCUT2D eigenvalue weighted by Gasteiger charge is 2.37. The lowest BCUT2D eigenvalue weighted by molar-refractivity contribution is -0.0589. The van der Waals surface area contributed by atoms with E-state index in [-0.39, 0.29) is 5.69 Å². The maximum Gasteiger partial charge on any atom is 0.430 e. The summed E-state index contributed by atoms with van der Waals surface area (Å²) in [5.74, 6) is -0.203. The lowest BCUT2D eigenvalue weighted by atomic mass is 10.1. The Balaban J connectivity index is 1.94. The van der Waals surface area contributed by atoms with Gasteiger partial charge < -0.3 is 4.74 Å². The highest BCUT2D eigenvalue weighted by molar-refractivity contribution is 7.86. The van der Waals surface area contributed by atoms with E-state index in [4.69, 9.17) is 4.74 Å². The fraction of sp³-hybridized carbons (Fsp3) is 0.150. The van der Waals surface area contributed by atoms with Gasteiger partial charge in [0.05, 0.1) is 29.3 Å². The number of hydrogen-bond donors (Lipinski definition) is 0. The van der Waals surface area contributed by atoms with Gasteiger partial charge in [0, 0.05) is 4.90 Å². The fourth-order valence-corrected chi connectivity index (χ4v) is 3.88. The van der Waals surface area contributed by atoms with E-state index in [0.29, 0.717) is 16.0 Å². The van der Waals surface area contributed by atoms with E-state index in [2.05, 4.69) is 4.99 Å². The lowest BCUT2D eigenvalue weighted by Gasteiger charge is -2.12. The molecule has 3 rings (SSSR count). The van der Waals surface area contributed by atoms with Crippen molar-refractivity contribution in [3.05, 3.63) is 66.7 Å². The van der Waals surface area contributed by atoms with Crippen LogP contribution in [0, 0.1) is 0 Å². The maximum absolute atomic E-state index is 13.5. The van der Waals surface area contributed by atoms with Crippen LogP contribution in [0.4, 0.5) is 18.9 Å². The second-order valence-electron chi connectivity index (χ2n) is 5.72. The highest BCUT2D eigenvalue weighted by Crippen LogP contribution is 2.27. The first-order chi connectivity index (χ1) is 12.9. The molecule has 0 N–H and O–H groups in total. The number of fused-ring (bicyclic) bond motifs is 1. The van der Waals surface area contributed by atoms with Crippen molar-refractivity contribution in [1.29, 1.82) is 0 Å². The fourth-order valence-electron chi connectivity index (χ4n) is 2.59. The van der Waals surface area contributed by atoms with Gasteiger partial charge in [0.15, 0.2) is 0 Å². The van der Waals surface area contributed by atoms with Gasteiger partial charge in [-0.1, -0.05) is 36.4 Å². The van der Waals surface area contributed by atoms with Crippen LogP contribution in [0.3, 0.4) is 0 Å². The van der Waals surface area contributed by atoms with Gasteiger partial charge >= 0.3 is 6.18 Å². The van der Waals surface area contributed by atoms with Gasteiger partial charge in [0.25, 0.3) is 0 Å². The van der Waals surface area contributed by atoms with Crippen LogP contribution in [0.2, 0.25) is 0 Å². The number of methoxy groups -OCH3 is 1. The van der Waals surface area contributed by atoms with Crippen molar-refractivity contribution >= 4 is 33.0 Å². The number of benzene rings is 3. The molecule has 3 aromatic rings. The van der Waals surface area contributed by atoms with Crippen molar-refractivity contribution in [2.45, 2.75) is 11.1 Å². The standard InChI is InChI=1S/C20H16F3NO2S/c1-26-16-11-9-15(10-12-16)24-19(20(21,22)23)13-27(25)18-8-4-6-14-5-2-3-7-17(14)18/h2-12H,13H2,1H3. The van der Waals surface area contributed by atoms with Gasteiger partial charge in [-0.15, -0.1) is 0 Å². The Morgan fingerprint density at radius 3 is 2.33 bits per heavy atom. The molecule has 0 aromatic heterocycles. The molecule has 27 heavy (non-hydrogen) atoms. The molecule has 0 bridgehead atoms. The zero-order valence-electron chi connectivity index (χ0n) is 14.4. The first kappa shape index (κ1) is 19.1. The molecule has 0 fully saturated rings. The molecule has 0 aliphatic heterocycles. The maximum atomic E-state index is 13.5. The molecular weight excluding hydrogens is 375 g/mol. The highest BCUT2D eigenvalue weighted by atomic mass is 32.2. The number of rotatable bonds is 5. The molecule has 3 aromatic carbocycles. The van der Waals surface area contributed by atoms with Crippen LogP contribution in [0.25, 0.3) is 10.8 Å². The minimum atomic E-state index is -4.68. The van der Waals surface area contributed by atoms with E-state index in [1.54, 1.807) is 24.3 Å². The predicted molar refractivity (Wildman–Crippen MR) is 101 cm³/mol. The van der Waals surface area contributed by atoms with Crippen LogP contribution in [0.15, 0.2) is 76.6 Å². The quantitative estimate of drug-likeness (QED) is 0.554. The minimum absolute atomic E-state index is 0.123. The molecule has 0 saturated carbocycles. The molecule has 0 radical (unpaired) electrons. The number of ether oxygens (including phenoxy) is 1. The molecule has 0 spiro atoms. The number of aliphatic imine (C=N–C) groups is 1. The van der Waals surface area contributed by atoms with Crippen molar-refractivity contribution in [3.8, 4) is 5.75 Å². The van der Waals surface area contributed by atoms with Gasteiger partial charge in [-0.25, -0.2) is 4.99 Å². The SMILES string of the molecule is COc1ccc(N=C(CS(=O)c2cccc3ccccc23)C(F)(F)F)cc1.